The van der Waals surface area contributed by atoms with Gasteiger partial charge in [-0.1, -0.05) is 0 Å². The first-order valence-corrected chi connectivity index (χ1v) is 6.54. The summed E-state index contributed by atoms with van der Waals surface area (Å²) in [6.07, 6.45) is 0. The first-order valence-electron chi connectivity index (χ1n) is 5.74. The number of hydrogen-bond donors (Lipinski definition) is 2. The van der Waals surface area contributed by atoms with Crippen molar-refractivity contribution >= 4 is 27.5 Å². The van der Waals surface area contributed by atoms with Crippen LogP contribution in [0.4, 0.5) is 14.5 Å². The lowest BCUT2D eigenvalue weighted by Gasteiger charge is -2.08. The van der Waals surface area contributed by atoms with Crippen LogP contribution in [0.5, 0.6) is 0 Å². The Hall–Kier alpha value is -1.95. The van der Waals surface area contributed by atoms with E-state index in [0.717, 1.165) is 18.2 Å². The maximum Gasteiger partial charge on any atom is 0.252 e. The first-order chi connectivity index (χ1) is 9.47. The quantitative estimate of drug-likeness (QED) is 0.842. The highest BCUT2D eigenvalue weighted by molar-refractivity contribution is 9.10. The molecule has 0 bridgehead atoms. The Labute approximate surface area is 122 Å². The first kappa shape index (κ1) is 14.5. The van der Waals surface area contributed by atoms with Crippen LogP contribution >= 0.6 is 15.9 Å². The molecular weight excluding hydrogens is 330 g/mol. The van der Waals surface area contributed by atoms with Crippen molar-refractivity contribution in [1.29, 1.82) is 0 Å². The Morgan fingerprint density at radius 1 is 1.20 bits per heavy atom. The van der Waals surface area contributed by atoms with Crippen molar-refractivity contribution in [2.45, 2.75) is 6.54 Å². The highest BCUT2D eigenvalue weighted by Crippen LogP contribution is 2.19. The van der Waals surface area contributed by atoms with E-state index in [9.17, 15) is 13.6 Å². The Kier molecular flexibility index (Phi) is 4.34. The lowest BCUT2D eigenvalue weighted by molar-refractivity contribution is 0.0950. The van der Waals surface area contributed by atoms with E-state index in [2.05, 4.69) is 21.2 Å². The lowest BCUT2D eigenvalue weighted by Crippen LogP contribution is -2.24. The molecular formula is C14H11BrF2N2O. The van der Waals surface area contributed by atoms with Gasteiger partial charge in [0, 0.05) is 22.3 Å². The van der Waals surface area contributed by atoms with Gasteiger partial charge in [-0.25, -0.2) is 8.78 Å². The number of halogens is 3. The van der Waals surface area contributed by atoms with Gasteiger partial charge in [0.15, 0.2) is 0 Å². The Morgan fingerprint density at radius 2 is 1.95 bits per heavy atom. The van der Waals surface area contributed by atoms with Gasteiger partial charge in [0.25, 0.3) is 5.91 Å². The van der Waals surface area contributed by atoms with Crippen molar-refractivity contribution in [1.82, 2.24) is 5.32 Å². The topological polar surface area (TPSA) is 55.1 Å². The van der Waals surface area contributed by atoms with Crippen LogP contribution in [0.1, 0.15) is 15.9 Å². The molecule has 2 rings (SSSR count). The number of nitrogens with one attached hydrogen (secondary N) is 1. The molecule has 0 atom stereocenters. The average Bonchev–Trinajstić information content (AvgIpc) is 2.42. The molecule has 0 saturated carbocycles. The second-order valence-corrected chi connectivity index (χ2v) is 5.01. The molecule has 0 fully saturated rings. The van der Waals surface area contributed by atoms with E-state index in [1.807, 2.05) is 0 Å². The van der Waals surface area contributed by atoms with Crippen LogP contribution in [-0.4, -0.2) is 5.91 Å². The molecule has 3 nitrogen and oxygen atoms in total. The van der Waals surface area contributed by atoms with E-state index in [1.54, 1.807) is 12.1 Å². The van der Waals surface area contributed by atoms with Crippen LogP contribution in [-0.2, 0) is 6.54 Å². The van der Waals surface area contributed by atoms with Gasteiger partial charge in [0.2, 0.25) is 0 Å². The van der Waals surface area contributed by atoms with Gasteiger partial charge >= 0.3 is 0 Å². The molecule has 0 aliphatic heterocycles. The fourth-order valence-electron chi connectivity index (χ4n) is 1.67. The van der Waals surface area contributed by atoms with Gasteiger partial charge in [-0.15, -0.1) is 0 Å². The maximum atomic E-state index is 13.4. The minimum atomic E-state index is -0.571. The fraction of sp³-hybridized carbons (Fsp3) is 0.0714. The smallest absolute Gasteiger partial charge is 0.252 e. The van der Waals surface area contributed by atoms with Crippen molar-refractivity contribution in [3.63, 3.8) is 0 Å². The van der Waals surface area contributed by atoms with E-state index >= 15 is 0 Å². The number of carbonyl (C=O) groups excluding carboxylic acids is 1. The molecule has 2 aromatic rings. The molecule has 0 radical (unpaired) electrons. The van der Waals surface area contributed by atoms with E-state index in [4.69, 9.17) is 5.73 Å². The summed E-state index contributed by atoms with van der Waals surface area (Å²) >= 11 is 3.23. The SMILES string of the molecule is Nc1ccc(Br)c(C(=O)NCc2cc(F)ccc2F)c1. The third kappa shape index (κ3) is 3.33. The molecule has 0 unspecified atom stereocenters. The van der Waals surface area contributed by atoms with Crippen molar-refractivity contribution in [2.75, 3.05) is 5.73 Å². The summed E-state index contributed by atoms with van der Waals surface area (Å²) in [5.74, 6) is -1.55. The molecule has 0 saturated heterocycles. The monoisotopic (exact) mass is 340 g/mol. The van der Waals surface area contributed by atoms with Gasteiger partial charge in [-0.2, -0.15) is 0 Å². The lowest BCUT2D eigenvalue weighted by atomic mass is 10.1. The highest BCUT2D eigenvalue weighted by atomic mass is 79.9. The number of nitrogen functional groups attached to an aromatic ring is 1. The van der Waals surface area contributed by atoms with Crippen molar-refractivity contribution in [3.8, 4) is 0 Å². The van der Waals surface area contributed by atoms with Crippen LogP contribution in [0.25, 0.3) is 0 Å². The third-order valence-corrected chi connectivity index (χ3v) is 3.37. The zero-order chi connectivity index (χ0) is 14.7. The zero-order valence-electron chi connectivity index (χ0n) is 10.3. The van der Waals surface area contributed by atoms with E-state index in [0.29, 0.717) is 15.7 Å². The van der Waals surface area contributed by atoms with Crippen molar-refractivity contribution < 1.29 is 13.6 Å². The summed E-state index contributed by atoms with van der Waals surface area (Å²) in [5, 5.41) is 2.52. The molecule has 1 amide bonds. The fourth-order valence-corrected chi connectivity index (χ4v) is 2.09. The molecule has 3 N–H and O–H groups in total. The van der Waals surface area contributed by atoms with Crippen LogP contribution in [0, 0.1) is 11.6 Å². The average molecular weight is 341 g/mol. The minimum Gasteiger partial charge on any atom is -0.399 e. The number of anilines is 1. The second kappa shape index (κ2) is 6.00. The Bertz CT molecular complexity index is 662. The van der Waals surface area contributed by atoms with Gasteiger partial charge in [0.05, 0.1) is 5.56 Å². The number of amides is 1. The van der Waals surface area contributed by atoms with Crippen LogP contribution in [0.15, 0.2) is 40.9 Å². The highest BCUT2D eigenvalue weighted by Gasteiger charge is 2.11. The van der Waals surface area contributed by atoms with Crippen molar-refractivity contribution in [3.05, 3.63) is 63.6 Å². The summed E-state index contributed by atoms with van der Waals surface area (Å²) in [7, 11) is 0. The summed E-state index contributed by atoms with van der Waals surface area (Å²) in [5.41, 5.74) is 6.46. The summed E-state index contributed by atoms with van der Waals surface area (Å²) < 4.78 is 27.0. The summed E-state index contributed by atoms with van der Waals surface area (Å²) in [4.78, 5) is 12.0. The number of benzene rings is 2. The van der Waals surface area contributed by atoms with Gasteiger partial charge in [-0.05, 0) is 52.3 Å². The summed E-state index contributed by atoms with van der Waals surface area (Å²) in [6.45, 7) is -0.107. The van der Waals surface area contributed by atoms with Crippen LogP contribution < -0.4 is 11.1 Å². The van der Waals surface area contributed by atoms with Crippen molar-refractivity contribution in [2.24, 2.45) is 0 Å². The predicted octanol–water partition coefficient (Wildman–Crippen LogP) is 3.24. The summed E-state index contributed by atoms with van der Waals surface area (Å²) in [6, 6.07) is 7.88. The number of hydrogen-bond acceptors (Lipinski definition) is 2. The van der Waals surface area contributed by atoms with Crippen LogP contribution in [0.2, 0.25) is 0 Å². The molecule has 0 aromatic heterocycles. The predicted molar refractivity (Wildman–Crippen MR) is 76.1 cm³/mol. The molecule has 0 aliphatic carbocycles. The van der Waals surface area contributed by atoms with E-state index in [-0.39, 0.29) is 12.1 Å². The van der Waals surface area contributed by atoms with Gasteiger partial charge < -0.3 is 11.1 Å². The number of carbonyl (C=O) groups is 1. The molecule has 104 valence electrons. The third-order valence-electron chi connectivity index (χ3n) is 2.68. The Balaban J connectivity index is 2.12. The second-order valence-electron chi connectivity index (χ2n) is 4.16. The zero-order valence-corrected chi connectivity index (χ0v) is 11.9. The molecule has 2 aromatic carbocycles. The number of rotatable bonds is 3. The van der Waals surface area contributed by atoms with Crippen LogP contribution in [0.3, 0.4) is 0 Å². The largest absolute Gasteiger partial charge is 0.399 e. The minimum absolute atomic E-state index is 0.0818. The van der Waals surface area contributed by atoms with Gasteiger partial charge in [-0.3, -0.25) is 4.79 Å². The van der Waals surface area contributed by atoms with E-state index in [1.165, 1.54) is 6.07 Å². The normalized spacial score (nSPS) is 10.3. The maximum absolute atomic E-state index is 13.4. The molecule has 0 aliphatic rings. The molecule has 0 spiro atoms. The number of nitrogens with two attached hydrogens (primary N) is 1. The molecule has 6 heteroatoms. The van der Waals surface area contributed by atoms with Gasteiger partial charge in [0.1, 0.15) is 11.6 Å². The Morgan fingerprint density at radius 3 is 2.70 bits per heavy atom. The molecule has 0 heterocycles. The standard InChI is InChI=1S/C14H11BrF2N2O/c15-12-3-2-10(18)6-11(12)14(20)19-7-8-5-9(16)1-4-13(8)17/h1-6H,7,18H2,(H,19,20). The van der Waals surface area contributed by atoms with E-state index < -0.39 is 17.5 Å². The molecule has 20 heavy (non-hydrogen) atoms.